The molecule has 0 amide bonds. The van der Waals surface area contributed by atoms with E-state index < -0.39 is 53.6 Å². The van der Waals surface area contributed by atoms with E-state index in [1.54, 1.807) is 0 Å². The van der Waals surface area contributed by atoms with Gasteiger partial charge in [0.15, 0.2) is 23.3 Å². The average molecular weight is 340 g/mol. The van der Waals surface area contributed by atoms with Crippen LogP contribution in [0.15, 0.2) is 12.1 Å². The summed E-state index contributed by atoms with van der Waals surface area (Å²) in [6, 6.07) is 1.71. The second-order valence-electron chi connectivity index (χ2n) is 5.40. The first-order valence-electron chi connectivity index (χ1n) is 6.51. The molecule has 1 aliphatic heterocycles. The third-order valence-electron chi connectivity index (χ3n) is 3.89. The highest BCUT2D eigenvalue weighted by atomic mass is 19.4. The molecule has 1 N–H and O–H groups in total. The topological polar surface area (TPSA) is 55.8 Å². The summed E-state index contributed by atoms with van der Waals surface area (Å²) >= 11 is 0. The van der Waals surface area contributed by atoms with E-state index in [1.165, 1.54) is 0 Å². The smallest absolute Gasteiger partial charge is 0.417 e. The van der Waals surface area contributed by atoms with Crippen molar-refractivity contribution in [1.82, 2.24) is 0 Å². The number of carbonyl (C=O) groups is 1. The summed E-state index contributed by atoms with van der Waals surface area (Å²) in [5.41, 5.74) is -2.90. The highest BCUT2D eigenvalue weighted by molar-refractivity contribution is 5.75. The number of aliphatic carboxylic acids is 1. The van der Waals surface area contributed by atoms with Gasteiger partial charge in [-0.05, 0) is 19.4 Å². The van der Waals surface area contributed by atoms with Crippen LogP contribution in [0.5, 0.6) is 5.75 Å². The zero-order valence-electron chi connectivity index (χ0n) is 12.1. The highest BCUT2D eigenvalue weighted by Gasteiger charge is 2.61. The number of hydrogen-bond donors (Lipinski definition) is 1. The van der Waals surface area contributed by atoms with E-state index in [2.05, 4.69) is 0 Å². The zero-order valence-corrected chi connectivity index (χ0v) is 12.1. The van der Waals surface area contributed by atoms with Crippen LogP contribution in [0.4, 0.5) is 22.0 Å². The molecule has 0 bridgehead atoms. The Bertz CT molecular complexity index is 630. The maximum Gasteiger partial charge on any atom is 0.417 e. The van der Waals surface area contributed by atoms with Crippen molar-refractivity contribution in [3.8, 4) is 5.75 Å². The van der Waals surface area contributed by atoms with Crippen LogP contribution in [0.1, 0.15) is 24.8 Å². The van der Waals surface area contributed by atoms with E-state index in [0.29, 0.717) is 6.07 Å². The molecule has 1 heterocycles. The summed E-state index contributed by atoms with van der Waals surface area (Å²) in [6.45, 7) is 0.718. The van der Waals surface area contributed by atoms with Crippen molar-refractivity contribution in [2.75, 3.05) is 7.11 Å². The van der Waals surface area contributed by atoms with Gasteiger partial charge in [0.05, 0.1) is 7.11 Å². The molecule has 1 aliphatic rings. The molecule has 2 rings (SSSR count). The quantitative estimate of drug-likeness (QED) is 0.858. The first kappa shape index (κ1) is 17.5. The Balaban J connectivity index is 2.53. The highest BCUT2D eigenvalue weighted by Crippen LogP contribution is 2.51. The van der Waals surface area contributed by atoms with E-state index in [1.807, 2.05) is 0 Å². The maximum absolute atomic E-state index is 13.8. The fourth-order valence-corrected chi connectivity index (χ4v) is 2.66. The lowest BCUT2D eigenvalue weighted by atomic mass is 9.86. The van der Waals surface area contributed by atoms with Crippen LogP contribution in [-0.4, -0.2) is 36.1 Å². The molecule has 0 saturated carbocycles. The maximum atomic E-state index is 13.8. The number of alkyl halides is 3. The van der Waals surface area contributed by atoms with Crippen molar-refractivity contribution >= 4 is 5.97 Å². The van der Waals surface area contributed by atoms with Gasteiger partial charge in [-0.2, -0.15) is 17.6 Å². The molecule has 1 saturated heterocycles. The molecule has 0 aromatic heterocycles. The number of halogens is 5. The van der Waals surface area contributed by atoms with Crippen LogP contribution >= 0.6 is 0 Å². The van der Waals surface area contributed by atoms with Gasteiger partial charge in [-0.25, -0.2) is 9.18 Å². The number of carboxylic acids is 1. The summed E-state index contributed by atoms with van der Waals surface area (Å²) in [7, 11) is 1.01. The molecule has 9 heteroatoms. The van der Waals surface area contributed by atoms with Crippen molar-refractivity contribution in [1.29, 1.82) is 0 Å². The van der Waals surface area contributed by atoms with E-state index in [0.717, 1.165) is 20.1 Å². The van der Waals surface area contributed by atoms with Gasteiger partial charge in [0, 0.05) is 11.5 Å². The Kier molecular flexibility index (Phi) is 4.27. The Morgan fingerprint density at radius 3 is 2.48 bits per heavy atom. The molecule has 1 aromatic carbocycles. The number of benzene rings is 1. The summed E-state index contributed by atoms with van der Waals surface area (Å²) < 4.78 is 75.8. The van der Waals surface area contributed by atoms with Crippen molar-refractivity contribution in [3.63, 3.8) is 0 Å². The molecule has 3 atom stereocenters. The van der Waals surface area contributed by atoms with Crippen molar-refractivity contribution in [3.05, 3.63) is 29.3 Å². The summed E-state index contributed by atoms with van der Waals surface area (Å²) in [5.74, 6) is -6.25. The van der Waals surface area contributed by atoms with Crippen molar-refractivity contribution in [2.45, 2.75) is 37.1 Å². The van der Waals surface area contributed by atoms with Crippen LogP contribution in [0, 0.1) is 11.6 Å². The van der Waals surface area contributed by atoms with E-state index >= 15 is 0 Å². The lowest BCUT2D eigenvalue weighted by molar-refractivity contribution is -0.263. The molecule has 4 nitrogen and oxygen atoms in total. The third kappa shape index (κ3) is 2.85. The molecule has 0 aliphatic carbocycles. The van der Waals surface area contributed by atoms with Crippen LogP contribution in [0.2, 0.25) is 0 Å². The van der Waals surface area contributed by atoms with Gasteiger partial charge in [-0.3, -0.25) is 0 Å². The number of ether oxygens (including phenoxy) is 2. The average Bonchev–Trinajstić information content (AvgIpc) is 2.81. The predicted molar refractivity (Wildman–Crippen MR) is 67.2 cm³/mol. The lowest BCUT2D eigenvalue weighted by Gasteiger charge is -2.26. The minimum absolute atomic E-state index is 0.188. The first-order chi connectivity index (χ1) is 10.5. The molecular weight excluding hydrogens is 327 g/mol. The fourth-order valence-electron chi connectivity index (χ4n) is 2.66. The summed E-state index contributed by atoms with van der Waals surface area (Å²) in [5, 5.41) is 9.13. The number of carboxylic acid groups (broad SMARTS) is 1. The normalized spacial score (nSPS) is 28.0. The van der Waals surface area contributed by atoms with Crippen LogP contribution in [0.25, 0.3) is 0 Å². The third-order valence-corrected chi connectivity index (χ3v) is 3.89. The lowest BCUT2D eigenvalue weighted by Crippen LogP contribution is -2.42. The molecule has 23 heavy (non-hydrogen) atoms. The summed E-state index contributed by atoms with van der Waals surface area (Å²) in [6.07, 6.45) is -7.43. The van der Waals surface area contributed by atoms with Crippen LogP contribution < -0.4 is 4.74 Å². The van der Waals surface area contributed by atoms with Gasteiger partial charge in [-0.1, -0.05) is 6.07 Å². The Morgan fingerprint density at radius 2 is 2.00 bits per heavy atom. The Morgan fingerprint density at radius 1 is 1.39 bits per heavy atom. The minimum Gasteiger partial charge on any atom is -0.493 e. The predicted octanol–water partition coefficient (Wildman–Crippen LogP) is 3.25. The SMILES string of the molecule is COc1c([C@@H]2C[C@](C)(C(F)(F)F)O[C@H]2C(=O)O)ccc(F)c1F. The largest absolute Gasteiger partial charge is 0.493 e. The van der Waals surface area contributed by atoms with Crippen molar-refractivity contribution in [2.24, 2.45) is 0 Å². The Hall–Kier alpha value is -1.90. The molecule has 0 unspecified atom stereocenters. The second kappa shape index (κ2) is 5.63. The first-order valence-corrected chi connectivity index (χ1v) is 6.51. The van der Waals surface area contributed by atoms with Gasteiger partial charge in [0.25, 0.3) is 0 Å². The van der Waals surface area contributed by atoms with Gasteiger partial charge < -0.3 is 14.6 Å². The molecule has 0 radical (unpaired) electrons. The minimum atomic E-state index is -4.82. The Labute approximate surface area is 127 Å². The van der Waals surface area contributed by atoms with Gasteiger partial charge in [0.2, 0.25) is 5.82 Å². The summed E-state index contributed by atoms with van der Waals surface area (Å²) in [4.78, 5) is 11.3. The monoisotopic (exact) mass is 340 g/mol. The number of methoxy groups -OCH3 is 1. The van der Waals surface area contributed by atoms with E-state index in [4.69, 9.17) is 14.6 Å². The second-order valence-corrected chi connectivity index (χ2v) is 5.40. The zero-order chi connectivity index (χ0) is 17.6. The standard InChI is InChI=1S/C14H13F5O4/c1-13(14(17,18)19)5-7(11(23-13)12(20)21)6-3-4-8(15)9(16)10(6)22-2/h3-4,7,11H,5H2,1-2H3,(H,20,21)/t7-,11+,13+/m0/s1. The molecule has 0 spiro atoms. The molecular formula is C14H13F5O4. The van der Waals surface area contributed by atoms with Gasteiger partial charge in [-0.15, -0.1) is 0 Å². The van der Waals surface area contributed by atoms with Crippen LogP contribution in [-0.2, 0) is 9.53 Å². The number of hydrogen-bond acceptors (Lipinski definition) is 3. The van der Waals surface area contributed by atoms with Gasteiger partial charge in [0.1, 0.15) is 0 Å². The van der Waals surface area contributed by atoms with Crippen molar-refractivity contribution < 1.29 is 41.3 Å². The van der Waals surface area contributed by atoms with E-state index in [9.17, 15) is 26.7 Å². The molecule has 1 aromatic rings. The van der Waals surface area contributed by atoms with E-state index in [-0.39, 0.29) is 5.56 Å². The molecule has 128 valence electrons. The number of rotatable bonds is 3. The molecule has 1 fully saturated rings. The van der Waals surface area contributed by atoms with Crippen LogP contribution in [0.3, 0.4) is 0 Å². The van der Waals surface area contributed by atoms with Gasteiger partial charge >= 0.3 is 12.1 Å². The fraction of sp³-hybridized carbons (Fsp3) is 0.500.